The predicted molar refractivity (Wildman–Crippen MR) is 79.3 cm³/mol. The molecule has 1 N–H and O–H groups in total. The van der Waals surface area contributed by atoms with Crippen molar-refractivity contribution in [3.8, 4) is 0 Å². The summed E-state index contributed by atoms with van der Waals surface area (Å²) in [6.07, 6.45) is 4.67. The van der Waals surface area contributed by atoms with Gasteiger partial charge in [0.25, 0.3) is 0 Å². The van der Waals surface area contributed by atoms with Gasteiger partial charge in [0, 0.05) is 28.5 Å². The lowest BCUT2D eigenvalue weighted by Gasteiger charge is -2.12. The van der Waals surface area contributed by atoms with E-state index in [-0.39, 0.29) is 0 Å². The summed E-state index contributed by atoms with van der Waals surface area (Å²) in [4.78, 5) is 7.93. The minimum absolute atomic E-state index is 0.464. The van der Waals surface area contributed by atoms with E-state index in [0.717, 1.165) is 16.8 Å². The van der Waals surface area contributed by atoms with Crippen LogP contribution in [0.2, 0.25) is 5.02 Å². The molecule has 0 aliphatic heterocycles. The largest absolute Gasteiger partial charge is 0.339 e. The Morgan fingerprint density at radius 2 is 2.21 bits per heavy atom. The SMILES string of the molecule is Cc1c(CS(C)=O)cccc1Nc1ncncc1Cl. The Morgan fingerprint density at radius 1 is 1.42 bits per heavy atom. The zero-order valence-electron chi connectivity index (χ0n) is 10.7. The number of nitrogens with zero attached hydrogens (tertiary/aromatic N) is 2. The summed E-state index contributed by atoms with van der Waals surface area (Å²) in [7, 11) is -0.865. The van der Waals surface area contributed by atoms with E-state index in [1.807, 2.05) is 25.1 Å². The van der Waals surface area contributed by atoms with E-state index in [4.69, 9.17) is 11.6 Å². The minimum atomic E-state index is -0.865. The van der Waals surface area contributed by atoms with Crippen molar-refractivity contribution in [3.63, 3.8) is 0 Å². The molecular formula is C13H14ClN3OS. The van der Waals surface area contributed by atoms with Crippen molar-refractivity contribution in [2.45, 2.75) is 12.7 Å². The molecule has 0 saturated carbocycles. The highest BCUT2D eigenvalue weighted by Gasteiger charge is 2.08. The highest BCUT2D eigenvalue weighted by Crippen LogP contribution is 2.26. The first kappa shape index (κ1) is 14.0. The Labute approximate surface area is 119 Å². The Bertz CT molecular complexity index is 619. The lowest BCUT2D eigenvalue weighted by atomic mass is 10.1. The number of hydrogen-bond acceptors (Lipinski definition) is 4. The van der Waals surface area contributed by atoms with Gasteiger partial charge in [-0.05, 0) is 24.1 Å². The van der Waals surface area contributed by atoms with Gasteiger partial charge in [0.2, 0.25) is 0 Å². The topological polar surface area (TPSA) is 54.9 Å². The first-order valence-electron chi connectivity index (χ1n) is 5.69. The summed E-state index contributed by atoms with van der Waals surface area (Å²) in [5.74, 6) is 1.10. The number of hydrogen-bond donors (Lipinski definition) is 1. The van der Waals surface area contributed by atoms with Crippen LogP contribution >= 0.6 is 11.6 Å². The maximum absolute atomic E-state index is 11.3. The van der Waals surface area contributed by atoms with Gasteiger partial charge < -0.3 is 5.32 Å². The van der Waals surface area contributed by atoms with Crippen molar-refractivity contribution >= 4 is 33.9 Å². The Kier molecular flexibility index (Phi) is 4.50. The van der Waals surface area contributed by atoms with Crippen LogP contribution in [0.1, 0.15) is 11.1 Å². The van der Waals surface area contributed by atoms with Crippen LogP contribution in [0, 0.1) is 6.92 Å². The van der Waals surface area contributed by atoms with Crippen molar-refractivity contribution in [2.75, 3.05) is 11.6 Å². The van der Waals surface area contributed by atoms with Crippen LogP contribution in [0.5, 0.6) is 0 Å². The summed E-state index contributed by atoms with van der Waals surface area (Å²) in [5, 5.41) is 3.64. The Hall–Kier alpha value is -1.46. The normalized spacial score (nSPS) is 12.2. The molecule has 6 heteroatoms. The Morgan fingerprint density at radius 3 is 2.89 bits per heavy atom. The van der Waals surface area contributed by atoms with E-state index in [9.17, 15) is 4.21 Å². The number of anilines is 2. The maximum Gasteiger partial charge on any atom is 0.152 e. The lowest BCUT2D eigenvalue weighted by Crippen LogP contribution is -2.01. The molecule has 0 fully saturated rings. The van der Waals surface area contributed by atoms with Crippen molar-refractivity contribution in [2.24, 2.45) is 0 Å². The van der Waals surface area contributed by atoms with Crippen LogP contribution in [-0.4, -0.2) is 20.4 Å². The number of nitrogens with one attached hydrogen (secondary N) is 1. The molecule has 2 aromatic rings. The van der Waals surface area contributed by atoms with Gasteiger partial charge in [-0.1, -0.05) is 23.7 Å². The van der Waals surface area contributed by atoms with Crippen LogP contribution in [-0.2, 0) is 16.6 Å². The number of rotatable bonds is 4. The second-order valence-electron chi connectivity index (χ2n) is 4.15. The van der Waals surface area contributed by atoms with E-state index in [1.54, 1.807) is 6.26 Å². The molecule has 1 aromatic heterocycles. The molecule has 1 unspecified atom stereocenters. The van der Waals surface area contributed by atoms with Gasteiger partial charge in [0.1, 0.15) is 11.3 Å². The molecule has 4 nitrogen and oxygen atoms in total. The summed E-state index contributed by atoms with van der Waals surface area (Å²) in [6, 6.07) is 5.84. The van der Waals surface area contributed by atoms with Crippen LogP contribution in [0.25, 0.3) is 0 Å². The zero-order valence-corrected chi connectivity index (χ0v) is 12.3. The van der Waals surface area contributed by atoms with E-state index >= 15 is 0 Å². The maximum atomic E-state index is 11.3. The minimum Gasteiger partial charge on any atom is -0.339 e. The molecule has 0 amide bonds. The van der Waals surface area contributed by atoms with Gasteiger partial charge in [0.15, 0.2) is 5.82 Å². The van der Waals surface area contributed by atoms with Gasteiger partial charge in [-0.15, -0.1) is 0 Å². The quantitative estimate of drug-likeness (QED) is 0.942. The van der Waals surface area contributed by atoms with E-state index in [0.29, 0.717) is 16.6 Å². The smallest absolute Gasteiger partial charge is 0.152 e. The summed E-state index contributed by atoms with van der Waals surface area (Å²) in [6.45, 7) is 1.99. The second kappa shape index (κ2) is 6.12. The molecule has 0 bridgehead atoms. The molecule has 0 spiro atoms. The fourth-order valence-electron chi connectivity index (χ4n) is 1.73. The number of benzene rings is 1. The monoisotopic (exact) mass is 295 g/mol. The second-order valence-corrected chi connectivity index (χ2v) is 5.99. The predicted octanol–water partition coefficient (Wildman–Crippen LogP) is 3.06. The van der Waals surface area contributed by atoms with Crippen LogP contribution in [0.15, 0.2) is 30.7 Å². The van der Waals surface area contributed by atoms with Gasteiger partial charge in [0.05, 0.1) is 6.20 Å². The van der Waals surface area contributed by atoms with Gasteiger partial charge in [-0.2, -0.15) is 0 Å². The fourth-order valence-corrected chi connectivity index (χ4v) is 2.63. The number of halogens is 1. The lowest BCUT2D eigenvalue weighted by molar-refractivity contribution is 0.686. The molecule has 0 aliphatic rings. The summed E-state index contributed by atoms with van der Waals surface area (Å²) < 4.78 is 11.3. The molecule has 0 radical (unpaired) electrons. The van der Waals surface area contributed by atoms with E-state index in [2.05, 4.69) is 15.3 Å². The third-order valence-corrected chi connectivity index (χ3v) is 3.72. The third kappa shape index (κ3) is 3.52. The van der Waals surface area contributed by atoms with E-state index < -0.39 is 10.8 Å². The highest BCUT2D eigenvalue weighted by atomic mass is 35.5. The molecule has 100 valence electrons. The van der Waals surface area contributed by atoms with Crippen molar-refractivity contribution in [1.82, 2.24) is 9.97 Å². The fraction of sp³-hybridized carbons (Fsp3) is 0.231. The first-order chi connectivity index (χ1) is 9.08. The van der Waals surface area contributed by atoms with Crippen molar-refractivity contribution < 1.29 is 4.21 Å². The number of aromatic nitrogens is 2. The Balaban J connectivity index is 2.31. The van der Waals surface area contributed by atoms with Crippen molar-refractivity contribution in [3.05, 3.63) is 46.9 Å². The molecule has 2 rings (SSSR count). The zero-order chi connectivity index (χ0) is 13.8. The molecule has 0 saturated heterocycles. The van der Waals surface area contributed by atoms with Crippen LogP contribution in [0.4, 0.5) is 11.5 Å². The van der Waals surface area contributed by atoms with Crippen molar-refractivity contribution in [1.29, 1.82) is 0 Å². The molecular weight excluding hydrogens is 282 g/mol. The molecule has 1 heterocycles. The van der Waals surface area contributed by atoms with Gasteiger partial charge >= 0.3 is 0 Å². The third-order valence-electron chi connectivity index (χ3n) is 2.73. The van der Waals surface area contributed by atoms with E-state index in [1.165, 1.54) is 12.5 Å². The molecule has 1 atom stereocenters. The average molecular weight is 296 g/mol. The highest BCUT2D eigenvalue weighted by molar-refractivity contribution is 7.83. The standard InChI is InChI=1S/C13H14ClN3OS/c1-9-10(7-19(2)18)4-3-5-12(9)17-13-11(14)6-15-8-16-13/h3-6,8H,7H2,1-2H3,(H,15,16,17). The first-order valence-corrected chi connectivity index (χ1v) is 7.79. The van der Waals surface area contributed by atoms with Gasteiger partial charge in [-0.25, -0.2) is 9.97 Å². The molecule has 1 aromatic carbocycles. The summed E-state index contributed by atoms with van der Waals surface area (Å²) in [5.41, 5.74) is 3.01. The summed E-state index contributed by atoms with van der Waals surface area (Å²) >= 11 is 6.01. The molecule has 0 aliphatic carbocycles. The average Bonchev–Trinajstić information content (AvgIpc) is 2.36. The van der Waals surface area contributed by atoms with Crippen LogP contribution in [0.3, 0.4) is 0 Å². The van der Waals surface area contributed by atoms with Gasteiger partial charge in [-0.3, -0.25) is 4.21 Å². The molecule has 19 heavy (non-hydrogen) atoms. The van der Waals surface area contributed by atoms with Crippen LogP contribution < -0.4 is 5.32 Å².